The molecule has 0 bridgehead atoms. The normalized spacial score (nSPS) is 15.6. The zero-order chi connectivity index (χ0) is 26.9. The third-order valence-corrected chi connectivity index (χ3v) is 8.53. The molecule has 1 aliphatic heterocycles. The van der Waals surface area contributed by atoms with Gasteiger partial charge in [-0.15, -0.1) is 5.10 Å². The van der Waals surface area contributed by atoms with Crippen LogP contribution in [-0.4, -0.2) is 61.3 Å². The topological polar surface area (TPSA) is 92.6 Å². The van der Waals surface area contributed by atoms with Crippen LogP contribution in [0, 0.1) is 0 Å². The largest absolute Gasteiger partial charge is 0.424 e. The molecule has 1 aliphatic rings. The fourth-order valence-corrected chi connectivity index (χ4v) is 6.04. The number of ether oxygens (including phenoxy) is 1. The second kappa shape index (κ2) is 10.9. The number of aromatic nitrogens is 3. The van der Waals surface area contributed by atoms with Crippen LogP contribution >= 0.6 is 11.6 Å². The summed E-state index contributed by atoms with van der Waals surface area (Å²) in [6.45, 7) is 8.13. The Hall–Kier alpha value is -3.18. The predicted octanol–water partition coefficient (Wildman–Crippen LogP) is 4.69. The van der Waals surface area contributed by atoms with Gasteiger partial charge in [-0.3, -0.25) is 4.57 Å². The average molecular weight is 555 g/mol. The van der Waals surface area contributed by atoms with Crippen molar-refractivity contribution in [3.8, 4) is 11.8 Å². The quantitative estimate of drug-likeness (QED) is 0.338. The van der Waals surface area contributed by atoms with Crippen molar-refractivity contribution in [2.45, 2.75) is 31.3 Å². The van der Waals surface area contributed by atoms with Gasteiger partial charge in [0, 0.05) is 49.5 Å². The first-order valence-corrected chi connectivity index (χ1v) is 14.5. The average Bonchev–Trinajstić information content (AvgIpc) is 3.31. The minimum absolute atomic E-state index is 0.152. The van der Waals surface area contributed by atoms with Crippen molar-refractivity contribution in [3.63, 3.8) is 0 Å². The maximum absolute atomic E-state index is 13.2. The molecule has 1 saturated heterocycles. The fourth-order valence-electron chi connectivity index (χ4n) is 4.62. The molecule has 1 atom stereocenters. The molecule has 0 spiro atoms. The first kappa shape index (κ1) is 26.4. The van der Waals surface area contributed by atoms with Crippen LogP contribution in [0.1, 0.15) is 25.7 Å². The monoisotopic (exact) mass is 554 g/mol. The number of halogens is 1. The van der Waals surface area contributed by atoms with E-state index >= 15 is 0 Å². The van der Waals surface area contributed by atoms with E-state index in [1.54, 1.807) is 41.8 Å². The second-order valence-electron chi connectivity index (χ2n) is 9.47. The van der Waals surface area contributed by atoms with Gasteiger partial charge in [-0.25, -0.2) is 13.1 Å². The molecule has 0 unspecified atom stereocenters. The molecule has 1 fully saturated rings. The van der Waals surface area contributed by atoms with Crippen LogP contribution < -0.4 is 14.4 Å². The Morgan fingerprint density at radius 2 is 1.76 bits per heavy atom. The zero-order valence-electron chi connectivity index (χ0n) is 21.6. The number of sulfonamides is 1. The lowest BCUT2D eigenvalue weighted by Crippen LogP contribution is -2.44. The van der Waals surface area contributed by atoms with Gasteiger partial charge >= 0.3 is 6.01 Å². The lowest BCUT2D eigenvalue weighted by Gasteiger charge is -2.34. The lowest BCUT2D eigenvalue weighted by molar-refractivity contribution is 0.312. The Balaban J connectivity index is 1.34. The minimum atomic E-state index is -3.83. The molecule has 4 aromatic rings. The van der Waals surface area contributed by atoms with E-state index in [9.17, 15) is 8.42 Å². The molecule has 0 radical (unpaired) electrons. The highest BCUT2D eigenvalue weighted by atomic mass is 35.5. The number of rotatable bonds is 8. The highest BCUT2D eigenvalue weighted by Gasteiger charge is 2.24. The van der Waals surface area contributed by atoms with E-state index in [0.29, 0.717) is 29.2 Å². The van der Waals surface area contributed by atoms with Crippen molar-refractivity contribution >= 4 is 38.1 Å². The van der Waals surface area contributed by atoms with Gasteiger partial charge in [0.15, 0.2) is 5.82 Å². The summed E-state index contributed by atoms with van der Waals surface area (Å²) in [4.78, 5) is 4.80. The molecule has 0 amide bonds. The number of nitrogens with one attached hydrogen (secondary N) is 1. The van der Waals surface area contributed by atoms with Crippen molar-refractivity contribution in [1.82, 2.24) is 24.4 Å². The maximum atomic E-state index is 13.2. The molecule has 9 nitrogen and oxygen atoms in total. The van der Waals surface area contributed by atoms with Gasteiger partial charge in [0.05, 0.1) is 10.9 Å². The first-order chi connectivity index (χ1) is 18.2. The molecule has 1 aromatic heterocycles. The van der Waals surface area contributed by atoms with E-state index in [2.05, 4.69) is 37.8 Å². The molecular formula is C27H31ClN6O3S. The van der Waals surface area contributed by atoms with E-state index < -0.39 is 16.1 Å². The summed E-state index contributed by atoms with van der Waals surface area (Å²) >= 11 is 6.10. The Morgan fingerprint density at radius 1 is 1.00 bits per heavy atom. The van der Waals surface area contributed by atoms with Crippen LogP contribution in [0.15, 0.2) is 65.6 Å². The number of hydrogen-bond acceptors (Lipinski definition) is 7. The van der Waals surface area contributed by atoms with E-state index in [-0.39, 0.29) is 4.90 Å². The van der Waals surface area contributed by atoms with E-state index in [0.717, 1.165) is 42.6 Å². The molecule has 2 heterocycles. The van der Waals surface area contributed by atoms with Gasteiger partial charge in [-0.2, -0.15) is 0 Å². The predicted molar refractivity (Wildman–Crippen MR) is 150 cm³/mol. The van der Waals surface area contributed by atoms with Crippen molar-refractivity contribution in [2.75, 3.05) is 38.1 Å². The number of fused-ring (bicyclic) bond motifs is 1. The van der Waals surface area contributed by atoms with Crippen LogP contribution in [0.5, 0.6) is 11.8 Å². The summed E-state index contributed by atoms with van der Waals surface area (Å²) in [7, 11) is -1.70. The standard InChI is InChI=1S/C27H31ClN6O3S/c1-4-34-26(19(2)31-38(35,36)25-11-9-20-8-10-22(28)16-21(20)17-25)29-30-27(34)37-24-7-5-6-23(18-24)33-14-12-32(3)13-15-33/h5-11,16-19,31H,4,12-15H2,1-3H3/t19-/m1/s1. The summed E-state index contributed by atoms with van der Waals surface area (Å²) < 4.78 is 37.0. The molecule has 1 N–H and O–H groups in total. The number of piperazine rings is 1. The summed E-state index contributed by atoms with van der Waals surface area (Å²) in [6, 6.07) is 17.9. The maximum Gasteiger partial charge on any atom is 0.322 e. The Kier molecular flexibility index (Phi) is 7.58. The summed E-state index contributed by atoms with van der Waals surface area (Å²) in [5, 5.41) is 10.7. The molecule has 0 aliphatic carbocycles. The summed E-state index contributed by atoms with van der Waals surface area (Å²) in [6.07, 6.45) is 0. The van der Waals surface area contributed by atoms with Crippen molar-refractivity contribution in [2.24, 2.45) is 0 Å². The molecule has 3 aromatic carbocycles. The van der Waals surface area contributed by atoms with E-state index in [1.165, 1.54) is 0 Å². The van der Waals surface area contributed by atoms with Crippen molar-refractivity contribution < 1.29 is 13.2 Å². The SMILES string of the molecule is CCn1c(Oc2cccc(N3CCN(C)CC3)c2)nnc1[C@@H](C)NS(=O)(=O)c1ccc2ccc(Cl)cc2c1. The molecular weight excluding hydrogens is 524 g/mol. The Morgan fingerprint density at radius 3 is 2.53 bits per heavy atom. The van der Waals surface area contributed by atoms with E-state index in [1.807, 2.05) is 31.2 Å². The van der Waals surface area contributed by atoms with Crippen LogP contribution in [0.2, 0.25) is 5.02 Å². The van der Waals surface area contributed by atoms with Crippen LogP contribution in [0.25, 0.3) is 10.8 Å². The highest BCUT2D eigenvalue weighted by Crippen LogP contribution is 2.28. The number of hydrogen-bond donors (Lipinski definition) is 1. The molecule has 38 heavy (non-hydrogen) atoms. The van der Waals surface area contributed by atoms with Crippen LogP contribution in [0.4, 0.5) is 5.69 Å². The Bertz CT molecular complexity index is 1550. The number of benzene rings is 3. The second-order valence-corrected chi connectivity index (χ2v) is 11.6. The number of likely N-dealkylation sites (N-methyl/N-ethyl adjacent to an activating group) is 1. The third-order valence-electron chi connectivity index (χ3n) is 6.76. The summed E-state index contributed by atoms with van der Waals surface area (Å²) in [5.41, 5.74) is 1.09. The van der Waals surface area contributed by atoms with Gasteiger partial charge in [0.25, 0.3) is 0 Å². The first-order valence-electron chi connectivity index (χ1n) is 12.6. The van der Waals surface area contributed by atoms with Crippen molar-refractivity contribution in [1.29, 1.82) is 0 Å². The van der Waals surface area contributed by atoms with Crippen LogP contribution in [0.3, 0.4) is 0 Å². The van der Waals surface area contributed by atoms with Gasteiger partial charge in [-0.05, 0) is 68.1 Å². The highest BCUT2D eigenvalue weighted by molar-refractivity contribution is 7.89. The fraction of sp³-hybridized carbons (Fsp3) is 0.333. The molecule has 11 heteroatoms. The Labute approximate surface area is 228 Å². The van der Waals surface area contributed by atoms with Gasteiger partial charge in [-0.1, -0.05) is 34.9 Å². The third kappa shape index (κ3) is 5.63. The summed E-state index contributed by atoms with van der Waals surface area (Å²) in [5.74, 6) is 1.11. The number of anilines is 1. The van der Waals surface area contributed by atoms with Gasteiger partial charge in [0.1, 0.15) is 5.75 Å². The van der Waals surface area contributed by atoms with Crippen LogP contribution in [-0.2, 0) is 16.6 Å². The molecule has 0 saturated carbocycles. The smallest absolute Gasteiger partial charge is 0.322 e. The van der Waals surface area contributed by atoms with Crippen molar-refractivity contribution in [3.05, 3.63) is 71.5 Å². The zero-order valence-corrected chi connectivity index (χ0v) is 23.2. The molecule has 200 valence electrons. The molecule has 5 rings (SSSR count). The number of nitrogens with zero attached hydrogens (tertiary/aromatic N) is 5. The van der Waals surface area contributed by atoms with Gasteiger partial charge in [0.2, 0.25) is 10.0 Å². The minimum Gasteiger partial charge on any atom is -0.424 e. The van der Waals surface area contributed by atoms with E-state index in [4.69, 9.17) is 16.3 Å². The lowest BCUT2D eigenvalue weighted by atomic mass is 10.1. The van der Waals surface area contributed by atoms with Gasteiger partial charge < -0.3 is 14.5 Å².